The fourth-order valence-electron chi connectivity index (χ4n) is 3.06. The van der Waals surface area contributed by atoms with Gasteiger partial charge < -0.3 is 9.64 Å². The predicted octanol–water partition coefficient (Wildman–Crippen LogP) is 2.26. The third-order valence-corrected chi connectivity index (χ3v) is 6.54. The summed E-state index contributed by atoms with van der Waals surface area (Å²) in [5.74, 6) is 0.459. The van der Waals surface area contributed by atoms with Crippen molar-refractivity contribution in [3.8, 4) is 12.3 Å². The van der Waals surface area contributed by atoms with Crippen LogP contribution >= 0.6 is 0 Å². The number of hydrogen-bond donors (Lipinski definition) is 0. The van der Waals surface area contributed by atoms with E-state index in [4.69, 9.17) is 11.2 Å². The summed E-state index contributed by atoms with van der Waals surface area (Å²) in [6.45, 7) is 0.674. The van der Waals surface area contributed by atoms with E-state index in [9.17, 15) is 22.0 Å². The molecule has 6 nitrogen and oxygen atoms in total. The highest BCUT2D eigenvalue weighted by Crippen LogP contribution is 2.23. The first-order valence-electron chi connectivity index (χ1n) is 9.17. The summed E-state index contributed by atoms with van der Waals surface area (Å²) >= 11 is 0. The van der Waals surface area contributed by atoms with Crippen LogP contribution in [-0.2, 0) is 21.3 Å². The SMILES string of the molecule is C#CCN(Cc1ccc(F)cc1)C(=O)c1ccc(F)c(S(=O)(=O)N2CCOCC2)c1. The van der Waals surface area contributed by atoms with Crippen LogP contribution in [0.3, 0.4) is 0 Å². The zero-order chi connectivity index (χ0) is 21.7. The van der Waals surface area contributed by atoms with Crippen LogP contribution in [0.5, 0.6) is 0 Å². The van der Waals surface area contributed by atoms with Crippen molar-refractivity contribution in [2.75, 3.05) is 32.8 Å². The molecule has 0 N–H and O–H groups in total. The van der Waals surface area contributed by atoms with Gasteiger partial charge in [0, 0.05) is 25.2 Å². The maximum Gasteiger partial charge on any atom is 0.254 e. The molecule has 2 aromatic carbocycles. The largest absolute Gasteiger partial charge is 0.379 e. The average Bonchev–Trinajstić information content (AvgIpc) is 2.75. The summed E-state index contributed by atoms with van der Waals surface area (Å²) in [6, 6.07) is 8.75. The molecule has 1 aliphatic heterocycles. The highest BCUT2D eigenvalue weighted by atomic mass is 32.2. The van der Waals surface area contributed by atoms with E-state index in [1.807, 2.05) is 0 Å². The van der Waals surface area contributed by atoms with Gasteiger partial charge in [0.1, 0.15) is 16.5 Å². The Morgan fingerprint density at radius 1 is 1.13 bits per heavy atom. The first kappa shape index (κ1) is 21.9. The van der Waals surface area contributed by atoms with Crippen molar-refractivity contribution in [3.63, 3.8) is 0 Å². The Kier molecular flexibility index (Phi) is 6.82. The number of sulfonamides is 1. The van der Waals surface area contributed by atoms with Crippen molar-refractivity contribution in [2.24, 2.45) is 0 Å². The van der Waals surface area contributed by atoms with Gasteiger partial charge in [-0.05, 0) is 35.9 Å². The molecule has 0 radical (unpaired) electrons. The molecule has 2 aromatic rings. The van der Waals surface area contributed by atoms with Crippen molar-refractivity contribution in [2.45, 2.75) is 11.4 Å². The molecule has 1 aliphatic rings. The zero-order valence-corrected chi connectivity index (χ0v) is 16.9. The first-order chi connectivity index (χ1) is 14.3. The molecule has 0 atom stereocenters. The molecule has 0 saturated carbocycles. The monoisotopic (exact) mass is 434 g/mol. The number of nitrogens with zero attached hydrogens (tertiary/aromatic N) is 2. The number of terminal acetylenes is 1. The molecule has 0 spiro atoms. The number of ether oxygens (including phenoxy) is 1. The second-order valence-electron chi connectivity index (χ2n) is 6.65. The van der Waals surface area contributed by atoms with E-state index in [2.05, 4.69) is 5.92 Å². The van der Waals surface area contributed by atoms with Crippen LogP contribution in [0.2, 0.25) is 0 Å². The molecule has 3 rings (SSSR count). The topological polar surface area (TPSA) is 66.9 Å². The highest BCUT2D eigenvalue weighted by molar-refractivity contribution is 7.89. The lowest BCUT2D eigenvalue weighted by atomic mass is 10.1. The number of halogens is 2. The fourth-order valence-corrected chi connectivity index (χ4v) is 4.56. The summed E-state index contributed by atoms with van der Waals surface area (Å²) in [4.78, 5) is 13.7. The molecule has 0 unspecified atom stereocenters. The maximum absolute atomic E-state index is 14.4. The summed E-state index contributed by atoms with van der Waals surface area (Å²) in [7, 11) is -4.12. The summed E-state index contributed by atoms with van der Waals surface area (Å²) in [6.07, 6.45) is 5.37. The van der Waals surface area contributed by atoms with Crippen LogP contribution in [0.25, 0.3) is 0 Å². The first-order valence-corrected chi connectivity index (χ1v) is 10.6. The minimum atomic E-state index is -4.12. The van der Waals surface area contributed by atoms with Crippen LogP contribution in [0.15, 0.2) is 47.4 Å². The number of carbonyl (C=O) groups excluding carboxylic acids is 1. The van der Waals surface area contributed by atoms with Crippen LogP contribution in [-0.4, -0.2) is 56.4 Å². The predicted molar refractivity (Wildman–Crippen MR) is 106 cm³/mol. The third-order valence-electron chi connectivity index (χ3n) is 4.62. The maximum atomic E-state index is 14.4. The number of rotatable bonds is 6. The highest BCUT2D eigenvalue weighted by Gasteiger charge is 2.30. The van der Waals surface area contributed by atoms with Gasteiger partial charge in [0.2, 0.25) is 10.0 Å². The minimum absolute atomic E-state index is 0.0133. The lowest BCUT2D eigenvalue weighted by Crippen LogP contribution is -2.41. The van der Waals surface area contributed by atoms with E-state index < -0.39 is 32.5 Å². The van der Waals surface area contributed by atoms with Gasteiger partial charge in [0.05, 0.1) is 19.8 Å². The van der Waals surface area contributed by atoms with E-state index in [-0.39, 0.29) is 45.0 Å². The van der Waals surface area contributed by atoms with Crippen molar-refractivity contribution in [1.29, 1.82) is 0 Å². The van der Waals surface area contributed by atoms with Crippen LogP contribution < -0.4 is 0 Å². The van der Waals surface area contributed by atoms with Gasteiger partial charge in [-0.2, -0.15) is 4.31 Å². The van der Waals surface area contributed by atoms with Gasteiger partial charge in [-0.1, -0.05) is 18.1 Å². The van der Waals surface area contributed by atoms with Crippen molar-refractivity contribution < 1.29 is 26.7 Å². The zero-order valence-electron chi connectivity index (χ0n) is 16.1. The van der Waals surface area contributed by atoms with Crippen LogP contribution in [0, 0.1) is 24.0 Å². The van der Waals surface area contributed by atoms with Gasteiger partial charge in [0.15, 0.2) is 0 Å². The second-order valence-corrected chi connectivity index (χ2v) is 8.56. The summed E-state index contributed by atoms with van der Waals surface area (Å²) in [5.41, 5.74) is 0.629. The Balaban J connectivity index is 1.89. The van der Waals surface area contributed by atoms with Crippen molar-refractivity contribution in [1.82, 2.24) is 9.21 Å². The van der Waals surface area contributed by atoms with E-state index in [1.165, 1.54) is 35.2 Å². The smallest absolute Gasteiger partial charge is 0.254 e. The van der Waals surface area contributed by atoms with Crippen LogP contribution in [0.1, 0.15) is 15.9 Å². The van der Waals surface area contributed by atoms with Crippen molar-refractivity contribution in [3.05, 3.63) is 65.2 Å². The third kappa shape index (κ3) is 4.84. The van der Waals surface area contributed by atoms with E-state index in [1.54, 1.807) is 0 Å². The Morgan fingerprint density at radius 3 is 2.43 bits per heavy atom. The van der Waals surface area contributed by atoms with E-state index in [0.717, 1.165) is 16.4 Å². The number of benzene rings is 2. The number of carbonyl (C=O) groups is 1. The molecule has 30 heavy (non-hydrogen) atoms. The Hall–Kier alpha value is -2.80. The number of hydrogen-bond acceptors (Lipinski definition) is 4. The molecule has 1 saturated heterocycles. The lowest BCUT2D eigenvalue weighted by molar-refractivity contribution is 0.0728. The molecule has 1 amide bonds. The normalized spacial score (nSPS) is 14.8. The van der Waals surface area contributed by atoms with Gasteiger partial charge in [-0.3, -0.25) is 4.79 Å². The molecule has 1 fully saturated rings. The van der Waals surface area contributed by atoms with Gasteiger partial charge in [0.25, 0.3) is 5.91 Å². The number of amides is 1. The number of morpholine rings is 1. The minimum Gasteiger partial charge on any atom is -0.379 e. The van der Waals surface area contributed by atoms with E-state index >= 15 is 0 Å². The standard InChI is InChI=1S/C21H20F2N2O4S/c1-2-9-24(15-16-3-6-18(22)7-4-16)21(26)17-5-8-19(23)20(14-17)30(27,28)25-10-12-29-13-11-25/h1,3-8,14H,9-13,15H2. The van der Waals surface area contributed by atoms with Gasteiger partial charge in [-0.25, -0.2) is 17.2 Å². The summed E-state index contributed by atoms with van der Waals surface area (Å²) < 4.78 is 59.5. The Labute approximate surface area is 174 Å². The molecule has 1 heterocycles. The Bertz CT molecular complexity index is 1060. The average molecular weight is 434 g/mol. The lowest BCUT2D eigenvalue weighted by Gasteiger charge is -2.26. The quantitative estimate of drug-likeness (QED) is 0.655. The molecule has 0 aromatic heterocycles. The van der Waals surface area contributed by atoms with Crippen LogP contribution in [0.4, 0.5) is 8.78 Å². The van der Waals surface area contributed by atoms with Crippen molar-refractivity contribution >= 4 is 15.9 Å². The van der Waals surface area contributed by atoms with Gasteiger partial charge >= 0.3 is 0 Å². The second kappa shape index (κ2) is 9.34. The molecule has 158 valence electrons. The molecule has 0 aliphatic carbocycles. The molecular weight excluding hydrogens is 414 g/mol. The fraction of sp³-hybridized carbons (Fsp3) is 0.286. The molecule has 9 heteroatoms. The van der Waals surface area contributed by atoms with E-state index in [0.29, 0.717) is 5.56 Å². The molecular formula is C21H20F2N2O4S. The summed E-state index contributed by atoms with van der Waals surface area (Å²) in [5, 5.41) is 0. The molecule has 0 bridgehead atoms. The Morgan fingerprint density at radius 2 is 1.80 bits per heavy atom. The van der Waals surface area contributed by atoms with Gasteiger partial charge in [-0.15, -0.1) is 6.42 Å².